The molecule has 0 bridgehead atoms. The quantitative estimate of drug-likeness (QED) is 0.491. The van der Waals surface area contributed by atoms with Crippen molar-refractivity contribution in [1.29, 1.82) is 0 Å². The third-order valence-corrected chi connectivity index (χ3v) is 3.54. The van der Waals surface area contributed by atoms with Crippen molar-refractivity contribution in [1.82, 2.24) is 0 Å². The first-order valence-electron chi connectivity index (χ1n) is 4.55. The van der Waals surface area contributed by atoms with E-state index < -0.39 is 15.1 Å². The van der Waals surface area contributed by atoms with Gasteiger partial charge in [-0.05, 0) is 25.3 Å². The summed E-state index contributed by atoms with van der Waals surface area (Å²) in [7, 11) is -4.67. The van der Waals surface area contributed by atoms with Gasteiger partial charge in [-0.3, -0.25) is 0 Å². The fourth-order valence-electron chi connectivity index (χ4n) is 1.15. The fraction of sp³-hybridized carbons (Fsp3) is 0.400. The molecule has 1 aromatic rings. The van der Waals surface area contributed by atoms with Crippen molar-refractivity contribution in [2.75, 3.05) is 0 Å². The average molecular weight is 252 g/mol. The SMILES string of the molecule is CC(O)(CCc1ccccc1)S(=O)(=O)[O-].[Na+]. The van der Waals surface area contributed by atoms with E-state index in [4.69, 9.17) is 0 Å². The number of hydrogen-bond acceptors (Lipinski definition) is 4. The van der Waals surface area contributed by atoms with Gasteiger partial charge < -0.3 is 9.66 Å². The average Bonchev–Trinajstić information content (AvgIpc) is 2.15. The second-order valence-corrected chi connectivity index (χ2v) is 5.40. The van der Waals surface area contributed by atoms with Crippen LogP contribution in [-0.2, 0) is 16.5 Å². The van der Waals surface area contributed by atoms with Gasteiger partial charge in [0.15, 0.2) is 4.93 Å². The van der Waals surface area contributed by atoms with E-state index in [-0.39, 0.29) is 36.0 Å². The summed E-state index contributed by atoms with van der Waals surface area (Å²) in [4.78, 5) is -2.19. The molecule has 1 unspecified atom stereocenters. The van der Waals surface area contributed by atoms with Crippen molar-refractivity contribution >= 4 is 10.1 Å². The van der Waals surface area contributed by atoms with Crippen LogP contribution in [0, 0.1) is 0 Å². The summed E-state index contributed by atoms with van der Waals surface area (Å²) in [5.74, 6) is 0. The maximum atomic E-state index is 10.7. The van der Waals surface area contributed by atoms with Gasteiger partial charge in [-0.25, -0.2) is 8.42 Å². The van der Waals surface area contributed by atoms with Gasteiger partial charge in [0.1, 0.15) is 10.1 Å². The number of rotatable bonds is 4. The third kappa shape index (κ3) is 4.53. The minimum Gasteiger partial charge on any atom is -0.746 e. The maximum Gasteiger partial charge on any atom is 1.00 e. The predicted molar refractivity (Wildman–Crippen MR) is 55.1 cm³/mol. The molecule has 0 amide bonds. The van der Waals surface area contributed by atoms with Crippen molar-refractivity contribution in [3.05, 3.63) is 35.9 Å². The molecule has 16 heavy (non-hydrogen) atoms. The summed E-state index contributed by atoms with van der Waals surface area (Å²) in [5.41, 5.74) is 0.890. The van der Waals surface area contributed by atoms with Crippen molar-refractivity contribution in [3.8, 4) is 0 Å². The normalized spacial score (nSPS) is 14.9. The molecule has 0 fully saturated rings. The van der Waals surface area contributed by atoms with Gasteiger partial charge in [-0.15, -0.1) is 0 Å². The van der Waals surface area contributed by atoms with E-state index >= 15 is 0 Å². The zero-order valence-electron chi connectivity index (χ0n) is 9.38. The van der Waals surface area contributed by atoms with Crippen LogP contribution in [0.25, 0.3) is 0 Å². The number of hydrogen-bond donors (Lipinski definition) is 1. The van der Waals surface area contributed by atoms with Crippen LogP contribution in [0.3, 0.4) is 0 Å². The minimum absolute atomic E-state index is 0. The Morgan fingerprint density at radius 1 is 1.31 bits per heavy atom. The van der Waals surface area contributed by atoms with Crippen LogP contribution in [0.2, 0.25) is 0 Å². The van der Waals surface area contributed by atoms with Crippen LogP contribution >= 0.6 is 0 Å². The molecule has 0 saturated heterocycles. The van der Waals surface area contributed by atoms with E-state index in [0.717, 1.165) is 12.5 Å². The first kappa shape index (κ1) is 16.1. The van der Waals surface area contributed by atoms with Gasteiger partial charge >= 0.3 is 29.6 Å². The maximum absolute atomic E-state index is 10.7. The van der Waals surface area contributed by atoms with E-state index in [1.165, 1.54) is 0 Å². The Labute approximate surface area is 118 Å². The van der Waals surface area contributed by atoms with Crippen molar-refractivity contribution in [2.24, 2.45) is 0 Å². The molecule has 1 atom stereocenters. The molecule has 0 spiro atoms. The van der Waals surface area contributed by atoms with E-state index in [1.807, 2.05) is 30.3 Å². The van der Waals surface area contributed by atoms with Gasteiger partial charge in [0, 0.05) is 0 Å². The molecule has 1 aromatic carbocycles. The molecule has 0 aromatic heterocycles. The summed E-state index contributed by atoms with van der Waals surface area (Å²) >= 11 is 0. The van der Waals surface area contributed by atoms with Crippen LogP contribution < -0.4 is 29.6 Å². The summed E-state index contributed by atoms with van der Waals surface area (Å²) < 4.78 is 32.0. The van der Waals surface area contributed by atoms with E-state index in [1.54, 1.807) is 0 Å². The van der Waals surface area contributed by atoms with Crippen molar-refractivity contribution in [3.63, 3.8) is 0 Å². The Balaban J connectivity index is 0.00000225. The number of aryl methyl sites for hydroxylation is 1. The van der Waals surface area contributed by atoms with Gasteiger partial charge in [-0.1, -0.05) is 30.3 Å². The van der Waals surface area contributed by atoms with Crippen molar-refractivity contribution < 1.29 is 47.6 Å². The molecule has 0 heterocycles. The molecule has 0 aliphatic rings. The standard InChI is InChI=1S/C10H14O4S.Na/c1-10(11,15(12,13)14)8-7-9-5-3-2-4-6-9;/h2-6,11H,7-8H2,1H3,(H,12,13,14);/q;+1/p-1. The molecule has 0 aliphatic carbocycles. The zero-order valence-corrected chi connectivity index (χ0v) is 12.2. The Morgan fingerprint density at radius 2 is 1.81 bits per heavy atom. The van der Waals surface area contributed by atoms with Crippen molar-refractivity contribution in [2.45, 2.75) is 24.7 Å². The number of benzene rings is 1. The zero-order chi connectivity index (χ0) is 11.5. The molecule has 0 radical (unpaired) electrons. The molecule has 1 rings (SSSR count). The number of aliphatic hydroxyl groups is 1. The molecule has 6 heteroatoms. The van der Waals surface area contributed by atoms with E-state index in [2.05, 4.69) is 0 Å². The van der Waals surface area contributed by atoms with Crippen LogP contribution in [0.15, 0.2) is 30.3 Å². The van der Waals surface area contributed by atoms with Gasteiger partial charge in [-0.2, -0.15) is 0 Å². The first-order valence-corrected chi connectivity index (χ1v) is 5.95. The largest absolute Gasteiger partial charge is 1.00 e. The van der Waals surface area contributed by atoms with E-state index in [9.17, 15) is 18.1 Å². The fourth-order valence-corrected chi connectivity index (χ4v) is 1.50. The summed E-state index contributed by atoms with van der Waals surface area (Å²) in [6.45, 7) is 1.03. The monoisotopic (exact) mass is 252 g/mol. The Hall–Kier alpha value is 0.0900. The van der Waals surface area contributed by atoms with Gasteiger partial charge in [0.25, 0.3) is 0 Å². The van der Waals surface area contributed by atoms with Gasteiger partial charge in [0.2, 0.25) is 0 Å². The molecule has 84 valence electrons. The Bertz CT molecular complexity index is 414. The molecule has 0 aliphatic heterocycles. The van der Waals surface area contributed by atoms with Crippen LogP contribution in [-0.4, -0.2) is 23.0 Å². The second-order valence-electron chi connectivity index (χ2n) is 3.61. The summed E-state index contributed by atoms with van der Waals surface area (Å²) in [6.07, 6.45) is 0.262. The first-order chi connectivity index (χ1) is 6.83. The Morgan fingerprint density at radius 3 is 2.25 bits per heavy atom. The molecule has 4 nitrogen and oxygen atoms in total. The predicted octanol–water partition coefficient (Wildman–Crippen LogP) is -2.12. The smallest absolute Gasteiger partial charge is 0.746 e. The van der Waals surface area contributed by atoms with Crippen LogP contribution in [0.4, 0.5) is 0 Å². The Kier molecular flexibility index (Phi) is 6.17. The van der Waals surface area contributed by atoms with E-state index in [0.29, 0.717) is 6.42 Å². The topological polar surface area (TPSA) is 77.4 Å². The van der Waals surface area contributed by atoms with Crippen LogP contribution in [0.5, 0.6) is 0 Å². The molecular weight excluding hydrogens is 239 g/mol. The molecule has 0 saturated carbocycles. The minimum atomic E-state index is -4.67. The van der Waals surface area contributed by atoms with Crippen LogP contribution in [0.1, 0.15) is 18.9 Å². The summed E-state index contributed by atoms with van der Waals surface area (Å²) in [5, 5.41) is 9.41. The van der Waals surface area contributed by atoms with Gasteiger partial charge in [0.05, 0.1) is 0 Å². The third-order valence-electron chi connectivity index (χ3n) is 2.26. The molecular formula is C10H13NaO4S. The molecule has 1 N–H and O–H groups in total. The summed E-state index contributed by atoms with van der Waals surface area (Å²) in [6, 6.07) is 9.10. The second kappa shape index (κ2) is 6.14.